The van der Waals surface area contributed by atoms with E-state index in [4.69, 9.17) is 9.84 Å². The third kappa shape index (κ3) is 2.46. The second-order valence-electron chi connectivity index (χ2n) is 5.40. The maximum absolute atomic E-state index is 12.4. The number of β-amino-alcohol motifs (C(OH)–C–C–N with tert-alkyl or cyclic N) is 1. The van der Waals surface area contributed by atoms with Crippen LogP contribution in [0.4, 0.5) is 5.69 Å². The Hall–Kier alpha value is -2.34. The fourth-order valence-corrected chi connectivity index (χ4v) is 2.77. The summed E-state index contributed by atoms with van der Waals surface area (Å²) in [6, 6.07) is 5.94. The first kappa shape index (κ1) is 14.6. The van der Waals surface area contributed by atoms with Gasteiger partial charge >= 0.3 is 5.97 Å². The van der Waals surface area contributed by atoms with Gasteiger partial charge in [-0.3, -0.25) is 4.79 Å². The zero-order valence-corrected chi connectivity index (χ0v) is 12.4. The summed E-state index contributed by atoms with van der Waals surface area (Å²) in [7, 11) is 1.29. The lowest BCUT2D eigenvalue weighted by molar-refractivity contribution is -0.136. The van der Waals surface area contributed by atoms with E-state index in [1.165, 1.54) is 23.1 Å². The van der Waals surface area contributed by atoms with E-state index in [-0.39, 0.29) is 31.3 Å². The summed E-state index contributed by atoms with van der Waals surface area (Å²) < 4.78 is 4.75. The lowest BCUT2D eigenvalue weighted by Crippen LogP contribution is -2.31. The van der Waals surface area contributed by atoms with Gasteiger partial charge in [-0.25, -0.2) is 4.79 Å². The van der Waals surface area contributed by atoms with Crippen LogP contribution >= 0.6 is 0 Å². The number of nitrogens with zero attached hydrogens (tertiary/aromatic N) is 1. The number of rotatable bonds is 5. The van der Waals surface area contributed by atoms with Crippen LogP contribution in [-0.4, -0.2) is 48.7 Å². The molecule has 1 amide bonds. The summed E-state index contributed by atoms with van der Waals surface area (Å²) >= 11 is 0. The van der Waals surface area contributed by atoms with Gasteiger partial charge in [0.1, 0.15) is 5.70 Å². The second-order valence-corrected chi connectivity index (χ2v) is 5.40. The van der Waals surface area contributed by atoms with Crippen LogP contribution in [0.1, 0.15) is 11.1 Å². The minimum Gasteiger partial charge on any atom is -0.466 e. The number of nitrogens with one attached hydrogen (secondary N) is 1. The van der Waals surface area contributed by atoms with Crippen molar-refractivity contribution in [2.45, 2.75) is 12.8 Å². The first-order chi connectivity index (χ1) is 10.6. The van der Waals surface area contributed by atoms with Crippen molar-refractivity contribution in [3.8, 4) is 0 Å². The van der Waals surface area contributed by atoms with Crippen molar-refractivity contribution in [1.82, 2.24) is 4.90 Å². The fourth-order valence-electron chi connectivity index (χ4n) is 2.77. The van der Waals surface area contributed by atoms with Crippen molar-refractivity contribution in [2.24, 2.45) is 0 Å². The molecule has 6 heteroatoms. The molecule has 1 heterocycles. The summed E-state index contributed by atoms with van der Waals surface area (Å²) in [5, 5.41) is 12.1. The highest BCUT2D eigenvalue weighted by Crippen LogP contribution is 2.28. The molecule has 0 saturated carbocycles. The Bertz CT molecular complexity index is 666. The number of amides is 1. The van der Waals surface area contributed by atoms with Gasteiger partial charge in [0.15, 0.2) is 0 Å². The molecule has 1 aromatic carbocycles. The minimum atomic E-state index is -0.528. The average Bonchev–Trinajstić information content (AvgIpc) is 2.79. The smallest absolute Gasteiger partial charge is 0.337 e. The van der Waals surface area contributed by atoms with Crippen molar-refractivity contribution >= 4 is 17.6 Å². The molecule has 0 atom stereocenters. The van der Waals surface area contributed by atoms with Gasteiger partial charge in [0.25, 0.3) is 5.91 Å². The lowest BCUT2D eigenvalue weighted by atomic mass is 9.88. The Morgan fingerprint density at radius 1 is 1.36 bits per heavy atom. The number of anilines is 1. The fraction of sp³-hybridized carbons (Fsp3) is 0.375. The van der Waals surface area contributed by atoms with E-state index in [1.54, 1.807) is 0 Å². The van der Waals surface area contributed by atoms with Crippen LogP contribution < -0.4 is 5.32 Å². The van der Waals surface area contributed by atoms with Gasteiger partial charge in [0.2, 0.25) is 0 Å². The largest absolute Gasteiger partial charge is 0.466 e. The molecular formula is C16H18N2O4. The Labute approximate surface area is 128 Å². The number of carbonyl (C=O) groups excluding carboxylic acids is 2. The van der Waals surface area contributed by atoms with Gasteiger partial charge in [-0.05, 0) is 36.1 Å². The van der Waals surface area contributed by atoms with E-state index in [9.17, 15) is 9.59 Å². The van der Waals surface area contributed by atoms with Crippen LogP contribution in [0, 0.1) is 0 Å². The minimum absolute atomic E-state index is 0.147. The summed E-state index contributed by atoms with van der Waals surface area (Å²) in [6.07, 6.45) is 2.13. The summed E-state index contributed by atoms with van der Waals surface area (Å²) in [6.45, 7) is 0.195. The second kappa shape index (κ2) is 5.81. The molecule has 0 fully saturated rings. The van der Waals surface area contributed by atoms with Crippen molar-refractivity contribution in [3.63, 3.8) is 0 Å². The number of carbonyl (C=O) groups is 2. The zero-order valence-electron chi connectivity index (χ0n) is 12.4. The van der Waals surface area contributed by atoms with E-state index in [0.29, 0.717) is 5.57 Å². The third-order valence-corrected chi connectivity index (χ3v) is 4.09. The zero-order chi connectivity index (χ0) is 15.7. The van der Waals surface area contributed by atoms with Gasteiger partial charge in [0, 0.05) is 12.2 Å². The van der Waals surface area contributed by atoms with E-state index in [1.807, 2.05) is 18.2 Å². The van der Waals surface area contributed by atoms with Gasteiger partial charge in [0.05, 0.1) is 25.8 Å². The summed E-state index contributed by atoms with van der Waals surface area (Å²) in [5.74, 6) is -0.822. The Morgan fingerprint density at radius 3 is 2.73 bits per heavy atom. The predicted octanol–water partition coefficient (Wildman–Crippen LogP) is 0.459. The molecule has 1 aromatic rings. The lowest BCUT2D eigenvalue weighted by Gasteiger charge is -2.20. The molecule has 2 aliphatic rings. The number of methoxy groups -OCH3 is 1. The highest BCUT2D eigenvalue weighted by molar-refractivity contribution is 6.08. The number of hydrogen-bond donors (Lipinski definition) is 2. The van der Waals surface area contributed by atoms with Crippen molar-refractivity contribution in [1.29, 1.82) is 0 Å². The monoisotopic (exact) mass is 302 g/mol. The number of fused-ring (bicyclic) bond motifs is 1. The first-order valence-electron chi connectivity index (χ1n) is 7.24. The van der Waals surface area contributed by atoms with Crippen LogP contribution in [-0.2, 0) is 27.2 Å². The van der Waals surface area contributed by atoms with Crippen molar-refractivity contribution < 1.29 is 19.4 Å². The molecule has 0 bridgehead atoms. The van der Waals surface area contributed by atoms with Gasteiger partial charge < -0.3 is 20.1 Å². The number of aliphatic hydroxyl groups is 1. The Balaban J connectivity index is 1.87. The number of aryl methyl sites for hydroxylation is 2. The molecule has 6 nitrogen and oxygen atoms in total. The first-order valence-corrected chi connectivity index (χ1v) is 7.24. The molecule has 3 rings (SSSR count). The van der Waals surface area contributed by atoms with Crippen LogP contribution in [0.5, 0.6) is 0 Å². The van der Waals surface area contributed by atoms with E-state index < -0.39 is 5.97 Å². The molecule has 0 unspecified atom stereocenters. The molecule has 0 aromatic heterocycles. The standard InChI is InChI=1S/C16H18N2O4/c1-22-16(21)13-9-18(6-7-19)15(20)14(13)17-12-5-4-10-2-3-11(10)8-12/h4-5,8,17,19H,2-3,6-7,9H2,1H3. The molecule has 0 spiro atoms. The molecule has 1 aliphatic heterocycles. The molecule has 0 radical (unpaired) electrons. The third-order valence-electron chi connectivity index (χ3n) is 4.09. The van der Waals surface area contributed by atoms with E-state index in [2.05, 4.69) is 5.32 Å². The number of aliphatic hydroxyl groups excluding tert-OH is 1. The number of benzene rings is 1. The maximum atomic E-state index is 12.4. The van der Waals surface area contributed by atoms with Gasteiger partial charge in [-0.2, -0.15) is 0 Å². The topological polar surface area (TPSA) is 78.9 Å². The number of hydrogen-bond acceptors (Lipinski definition) is 5. The summed E-state index contributed by atoms with van der Waals surface area (Å²) in [4.78, 5) is 25.7. The molecule has 1 aliphatic carbocycles. The highest BCUT2D eigenvalue weighted by atomic mass is 16.5. The normalized spacial score (nSPS) is 16.5. The van der Waals surface area contributed by atoms with E-state index >= 15 is 0 Å². The van der Waals surface area contributed by atoms with Gasteiger partial charge in [-0.15, -0.1) is 0 Å². The highest BCUT2D eigenvalue weighted by Gasteiger charge is 2.34. The molecule has 116 valence electrons. The number of esters is 1. The average molecular weight is 302 g/mol. The van der Waals surface area contributed by atoms with Crippen LogP contribution in [0.2, 0.25) is 0 Å². The molecule has 0 saturated heterocycles. The van der Waals surface area contributed by atoms with Gasteiger partial charge in [-0.1, -0.05) is 6.07 Å². The SMILES string of the molecule is COC(=O)C1=C(Nc2ccc3c(c2)CC3)C(=O)N(CCO)C1. The van der Waals surface area contributed by atoms with Crippen LogP contribution in [0.25, 0.3) is 0 Å². The van der Waals surface area contributed by atoms with Crippen LogP contribution in [0.3, 0.4) is 0 Å². The molecular weight excluding hydrogens is 284 g/mol. The van der Waals surface area contributed by atoms with Crippen molar-refractivity contribution in [2.75, 3.05) is 32.1 Å². The summed E-state index contributed by atoms with van der Waals surface area (Å²) in [5.41, 5.74) is 3.91. The molecule has 22 heavy (non-hydrogen) atoms. The van der Waals surface area contributed by atoms with E-state index in [0.717, 1.165) is 18.5 Å². The maximum Gasteiger partial charge on any atom is 0.337 e. The predicted molar refractivity (Wildman–Crippen MR) is 80.2 cm³/mol. The van der Waals surface area contributed by atoms with Crippen molar-refractivity contribution in [3.05, 3.63) is 40.6 Å². The Kier molecular flexibility index (Phi) is 3.85. The quantitative estimate of drug-likeness (QED) is 0.773. The molecule has 2 N–H and O–H groups in total. The Morgan fingerprint density at radius 2 is 2.14 bits per heavy atom. The van der Waals surface area contributed by atoms with Crippen LogP contribution in [0.15, 0.2) is 29.5 Å². The number of ether oxygens (including phenoxy) is 1.